The minimum Gasteiger partial charge on any atom is -0.222 e. The normalized spacial score (nSPS) is 27.4. The van der Waals surface area contributed by atoms with Crippen molar-refractivity contribution < 1.29 is 8.42 Å². The number of hydrogen-bond donors (Lipinski definition) is 0. The summed E-state index contributed by atoms with van der Waals surface area (Å²) in [5.74, 6) is 0.283. The first kappa shape index (κ1) is 14.1. The number of sulfone groups is 1. The van der Waals surface area contributed by atoms with E-state index in [-0.39, 0.29) is 16.2 Å². The molecule has 0 aromatic heterocycles. The summed E-state index contributed by atoms with van der Waals surface area (Å²) in [4.78, 5) is 0.254. The molecular weight excluding hydrogens is 258 g/mol. The molecule has 0 heterocycles. The van der Waals surface area contributed by atoms with Gasteiger partial charge in [0.15, 0.2) is 14.6 Å². The van der Waals surface area contributed by atoms with E-state index in [0.717, 1.165) is 0 Å². The smallest absolute Gasteiger partial charge is 0.197 e. The lowest BCUT2D eigenvalue weighted by molar-refractivity contribution is 0.117. The lowest BCUT2D eigenvalue weighted by atomic mass is 9.63. The average molecular weight is 277 g/mol. The quantitative estimate of drug-likeness (QED) is 0.834. The van der Waals surface area contributed by atoms with Crippen LogP contribution in [0.2, 0.25) is 0 Å². The van der Waals surface area contributed by atoms with Crippen LogP contribution < -0.4 is 0 Å². The molecule has 0 spiro atoms. The maximum atomic E-state index is 12.6. The van der Waals surface area contributed by atoms with Crippen LogP contribution in [-0.2, 0) is 9.84 Å². The molecule has 0 saturated heterocycles. The zero-order valence-corrected chi connectivity index (χ0v) is 12.4. The van der Waals surface area contributed by atoms with E-state index in [2.05, 4.69) is 26.8 Å². The van der Waals surface area contributed by atoms with Gasteiger partial charge in [0, 0.05) is 0 Å². The summed E-state index contributed by atoms with van der Waals surface area (Å²) in [6, 6.07) is 10.4. The predicted molar refractivity (Wildman–Crippen MR) is 74.2 cm³/mol. The second-order valence-electron chi connectivity index (χ2n) is 6.39. The third-order valence-electron chi connectivity index (χ3n) is 4.15. The fourth-order valence-corrected chi connectivity index (χ4v) is 4.47. The number of benzene rings is 1. The van der Waals surface area contributed by atoms with E-state index in [1.54, 1.807) is 30.3 Å². The molecule has 1 aliphatic carbocycles. The van der Waals surface area contributed by atoms with Crippen molar-refractivity contribution in [2.24, 2.45) is 11.3 Å². The number of nitriles is 1. The lowest BCUT2D eigenvalue weighted by Crippen LogP contribution is -2.52. The predicted octanol–water partition coefficient (Wildman–Crippen LogP) is 3.18. The van der Waals surface area contributed by atoms with Gasteiger partial charge in [-0.05, 0) is 36.3 Å². The Bertz CT molecular complexity index is 600. The third kappa shape index (κ3) is 2.17. The van der Waals surface area contributed by atoms with Crippen molar-refractivity contribution in [2.75, 3.05) is 0 Å². The summed E-state index contributed by atoms with van der Waals surface area (Å²) in [6.45, 7) is 6.27. The summed E-state index contributed by atoms with van der Waals surface area (Å²) in [5.41, 5.74) is 0.0482. The Morgan fingerprint density at radius 1 is 1.21 bits per heavy atom. The Kier molecular flexibility index (Phi) is 3.22. The third-order valence-corrected chi connectivity index (χ3v) is 6.49. The zero-order valence-electron chi connectivity index (χ0n) is 11.6. The molecule has 0 radical (unpaired) electrons. The molecule has 0 bridgehead atoms. The molecule has 4 heteroatoms. The van der Waals surface area contributed by atoms with Crippen LogP contribution in [0.25, 0.3) is 0 Å². The molecule has 1 aromatic carbocycles. The molecule has 0 unspecified atom stereocenters. The summed E-state index contributed by atoms with van der Waals surface area (Å²) in [5, 5.41) is 9.39. The van der Waals surface area contributed by atoms with Gasteiger partial charge in [-0.25, -0.2) is 8.42 Å². The van der Waals surface area contributed by atoms with Gasteiger partial charge in [0.1, 0.15) is 0 Å². The average Bonchev–Trinajstić information content (AvgIpc) is 2.27. The summed E-state index contributed by atoms with van der Waals surface area (Å²) in [7, 11) is -3.57. The SMILES string of the molecule is CC(C)(C)C1CC(C#N)(S(=O)(=O)c2ccccc2)C1. The van der Waals surface area contributed by atoms with Crippen molar-refractivity contribution in [3.05, 3.63) is 30.3 Å². The van der Waals surface area contributed by atoms with Crippen molar-refractivity contribution in [3.63, 3.8) is 0 Å². The monoisotopic (exact) mass is 277 g/mol. The van der Waals surface area contributed by atoms with Crippen molar-refractivity contribution in [3.8, 4) is 6.07 Å². The largest absolute Gasteiger partial charge is 0.222 e. The van der Waals surface area contributed by atoms with Crippen LogP contribution in [0.15, 0.2) is 35.2 Å². The van der Waals surface area contributed by atoms with E-state index in [0.29, 0.717) is 12.8 Å². The van der Waals surface area contributed by atoms with Gasteiger partial charge in [-0.15, -0.1) is 0 Å². The highest BCUT2D eigenvalue weighted by Gasteiger charge is 2.57. The van der Waals surface area contributed by atoms with E-state index in [4.69, 9.17) is 0 Å². The summed E-state index contributed by atoms with van der Waals surface area (Å²) in [6.07, 6.45) is 0.869. The van der Waals surface area contributed by atoms with Crippen LogP contribution in [0.5, 0.6) is 0 Å². The summed E-state index contributed by atoms with van der Waals surface area (Å²) >= 11 is 0. The van der Waals surface area contributed by atoms with E-state index in [9.17, 15) is 13.7 Å². The van der Waals surface area contributed by atoms with Gasteiger partial charge in [0.05, 0.1) is 11.0 Å². The number of nitrogens with zero attached hydrogens (tertiary/aromatic N) is 1. The topological polar surface area (TPSA) is 57.9 Å². The Hall–Kier alpha value is -1.34. The molecule has 19 heavy (non-hydrogen) atoms. The molecule has 1 saturated carbocycles. The van der Waals surface area contributed by atoms with Gasteiger partial charge in [-0.1, -0.05) is 39.0 Å². The van der Waals surface area contributed by atoms with Crippen LogP contribution >= 0.6 is 0 Å². The van der Waals surface area contributed by atoms with Crippen molar-refractivity contribution >= 4 is 9.84 Å². The van der Waals surface area contributed by atoms with Crippen molar-refractivity contribution in [1.82, 2.24) is 0 Å². The molecule has 0 atom stereocenters. The van der Waals surface area contributed by atoms with Gasteiger partial charge in [-0.3, -0.25) is 0 Å². The van der Waals surface area contributed by atoms with Crippen LogP contribution in [0.1, 0.15) is 33.6 Å². The van der Waals surface area contributed by atoms with E-state index in [1.807, 2.05) is 0 Å². The van der Waals surface area contributed by atoms with Crippen LogP contribution in [0.4, 0.5) is 0 Å². The Morgan fingerprint density at radius 3 is 2.16 bits per heavy atom. The molecule has 1 fully saturated rings. The number of hydrogen-bond acceptors (Lipinski definition) is 3. The number of rotatable bonds is 2. The summed E-state index contributed by atoms with van der Waals surface area (Å²) < 4.78 is 24.0. The van der Waals surface area contributed by atoms with E-state index < -0.39 is 14.6 Å². The molecule has 1 aliphatic rings. The molecule has 0 N–H and O–H groups in total. The van der Waals surface area contributed by atoms with Gasteiger partial charge in [0.25, 0.3) is 0 Å². The molecular formula is C15H19NO2S. The Labute approximate surface area is 115 Å². The fraction of sp³-hybridized carbons (Fsp3) is 0.533. The van der Waals surface area contributed by atoms with Crippen LogP contribution in [0, 0.1) is 22.7 Å². The first-order valence-electron chi connectivity index (χ1n) is 6.44. The molecule has 102 valence electrons. The van der Waals surface area contributed by atoms with Crippen LogP contribution in [0.3, 0.4) is 0 Å². The second-order valence-corrected chi connectivity index (χ2v) is 8.65. The molecule has 3 nitrogen and oxygen atoms in total. The Morgan fingerprint density at radius 2 is 1.74 bits per heavy atom. The molecule has 0 amide bonds. The van der Waals surface area contributed by atoms with Gasteiger partial charge >= 0.3 is 0 Å². The molecule has 2 rings (SSSR count). The molecule has 1 aromatic rings. The lowest BCUT2D eigenvalue weighted by Gasteiger charge is -2.48. The first-order valence-corrected chi connectivity index (χ1v) is 7.92. The van der Waals surface area contributed by atoms with Crippen LogP contribution in [-0.4, -0.2) is 13.2 Å². The Balaban J connectivity index is 2.34. The standard InChI is InChI=1S/C15H19NO2S/c1-14(2,3)12-9-15(10-12,11-16)19(17,18)13-7-5-4-6-8-13/h4-8,12H,9-10H2,1-3H3. The minimum atomic E-state index is -3.57. The van der Waals surface area contributed by atoms with E-state index in [1.165, 1.54) is 0 Å². The second kappa shape index (κ2) is 4.35. The highest BCUT2D eigenvalue weighted by Crippen LogP contribution is 2.52. The van der Waals surface area contributed by atoms with Crippen molar-refractivity contribution in [1.29, 1.82) is 5.26 Å². The van der Waals surface area contributed by atoms with Gasteiger partial charge in [-0.2, -0.15) is 5.26 Å². The fourth-order valence-electron chi connectivity index (χ4n) is 2.54. The maximum Gasteiger partial charge on any atom is 0.197 e. The molecule has 0 aliphatic heterocycles. The zero-order chi connectivity index (χ0) is 14.3. The van der Waals surface area contributed by atoms with Crippen molar-refractivity contribution in [2.45, 2.75) is 43.3 Å². The van der Waals surface area contributed by atoms with Gasteiger partial charge in [0.2, 0.25) is 0 Å². The van der Waals surface area contributed by atoms with Gasteiger partial charge < -0.3 is 0 Å². The van der Waals surface area contributed by atoms with E-state index >= 15 is 0 Å². The minimum absolute atomic E-state index is 0.0482. The highest BCUT2D eigenvalue weighted by molar-refractivity contribution is 7.93. The highest BCUT2D eigenvalue weighted by atomic mass is 32.2. The maximum absolute atomic E-state index is 12.6. The first-order chi connectivity index (χ1) is 8.73.